The molecule has 0 bridgehead atoms. The van der Waals surface area contributed by atoms with Crippen LogP contribution >= 0.6 is 0 Å². The Bertz CT molecular complexity index is 211. The third-order valence-corrected chi connectivity index (χ3v) is 3.32. The van der Waals surface area contributed by atoms with Crippen LogP contribution in [-0.2, 0) is 4.79 Å². The summed E-state index contributed by atoms with van der Waals surface area (Å²) in [5.74, 6) is 0.380. The second-order valence-electron chi connectivity index (χ2n) is 4.46. The molecular formula is C11H20N2O. The molecular weight excluding hydrogens is 176 g/mol. The van der Waals surface area contributed by atoms with Gasteiger partial charge in [-0.2, -0.15) is 0 Å². The highest BCUT2D eigenvalue weighted by molar-refractivity contribution is 5.78. The van der Waals surface area contributed by atoms with Gasteiger partial charge in [0.05, 0.1) is 6.04 Å². The average Bonchev–Trinajstić information content (AvgIpc) is 2.50. The third-order valence-electron chi connectivity index (χ3n) is 3.32. The molecule has 0 saturated carbocycles. The van der Waals surface area contributed by atoms with E-state index in [9.17, 15) is 4.79 Å². The number of unbranched alkanes of at least 4 members (excludes halogenated alkanes) is 1. The largest absolute Gasteiger partial charge is 0.337 e. The van der Waals surface area contributed by atoms with Crippen molar-refractivity contribution in [2.24, 2.45) is 0 Å². The molecule has 0 N–H and O–H groups in total. The fourth-order valence-corrected chi connectivity index (χ4v) is 2.36. The summed E-state index contributed by atoms with van der Waals surface area (Å²) in [5.41, 5.74) is 0. The first kappa shape index (κ1) is 9.97. The predicted octanol–water partition coefficient (Wildman–Crippen LogP) is 1.09. The number of carbonyl (C=O) groups is 1. The van der Waals surface area contributed by atoms with Crippen LogP contribution in [0, 0.1) is 0 Å². The zero-order chi connectivity index (χ0) is 9.97. The maximum atomic E-state index is 11.4. The lowest BCUT2D eigenvalue weighted by Crippen LogP contribution is -2.59. The van der Waals surface area contributed by atoms with Gasteiger partial charge in [-0.25, -0.2) is 0 Å². The van der Waals surface area contributed by atoms with E-state index in [4.69, 9.17) is 0 Å². The van der Waals surface area contributed by atoms with E-state index in [1.165, 1.54) is 19.4 Å². The van der Waals surface area contributed by atoms with Crippen molar-refractivity contribution in [3.8, 4) is 0 Å². The summed E-state index contributed by atoms with van der Waals surface area (Å²) >= 11 is 0. The van der Waals surface area contributed by atoms with E-state index in [-0.39, 0.29) is 0 Å². The zero-order valence-corrected chi connectivity index (χ0v) is 9.04. The van der Waals surface area contributed by atoms with Crippen molar-refractivity contribution >= 4 is 5.91 Å². The van der Waals surface area contributed by atoms with E-state index in [2.05, 4.69) is 16.7 Å². The number of hydrogen-bond acceptors (Lipinski definition) is 2. The molecule has 2 rings (SSSR count). The van der Waals surface area contributed by atoms with Crippen LogP contribution in [0.3, 0.4) is 0 Å². The first-order valence-corrected chi connectivity index (χ1v) is 5.83. The number of nitrogens with zero attached hydrogens (tertiary/aromatic N) is 2. The number of carbonyl (C=O) groups excluding carboxylic acids is 1. The molecule has 0 aromatic rings. The Labute approximate surface area is 86.1 Å². The Hall–Kier alpha value is -0.570. The monoisotopic (exact) mass is 196 g/mol. The molecule has 2 aliphatic rings. The van der Waals surface area contributed by atoms with Crippen molar-refractivity contribution in [1.82, 2.24) is 9.80 Å². The summed E-state index contributed by atoms with van der Waals surface area (Å²) in [4.78, 5) is 16.0. The van der Waals surface area contributed by atoms with Crippen LogP contribution in [0.5, 0.6) is 0 Å². The summed E-state index contributed by atoms with van der Waals surface area (Å²) in [7, 11) is 0. The van der Waals surface area contributed by atoms with Gasteiger partial charge in [-0.3, -0.25) is 9.69 Å². The van der Waals surface area contributed by atoms with Gasteiger partial charge in [0.25, 0.3) is 0 Å². The normalized spacial score (nSPS) is 24.4. The average molecular weight is 196 g/mol. The highest BCUT2D eigenvalue weighted by Gasteiger charge is 2.35. The van der Waals surface area contributed by atoms with E-state index in [1.807, 2.05) is 0 Å². The van der Waals surface area contributed by atoms with Gasteiger partial charge < -0.3 is 4.90 Å². The van der Waals surface area contributed by atoms with Crippen LogP contribution in [0.2, 0.25) is 0 Å². The molecule has 80 valence electrons. The minimum Gasteiger partial charge on any atom is -0.337 e. The maximum absolute atomic E-state index is 11.4. The molecule has 3 heteroatoms. The molecule has 0 aliphatic carbocycles. The summed E-state index contributed by atoms with van der Waals surface area (Å²) in [6.07, 6.45) is 4.42. The number of hydrogen-bond donors (Lipinski definition) is 0. The quantitative estimate of drug-likeness (QED) is 0.672. The van der Waals surface area contributed by atoms with Crippen LogP contribution < -0.4 is 0 Å². The van der Waals surface area contributed by atoms with E-state index in [0.717, 1.165) is 32.5 Å². The van der Waals surface area contributed by atoms with E-state index >= 15 is 0 Å². The minimum absolute atomic E-state index is 0.380. The molecule has 2 saturated heterocycles. The molecule has 2 fully saturated rings. The van der Waals surface area contributed by atoms with Gasteiger partial charge in [0.2, 0.25) is 5.91 Å². The van der Waals surface area contributed by atoms with Crippen LogP contribution in [0.15, 0.2) is 0 Å². The summed E-state index contributed by atoms with van der Waals surface area (Å²) in [5, 5.41) is 0. The summed E-state index contributed by atoms with van der Waals surface area (Å²) in [6, 6.07) is 0.543. The van der Waals surface area contributed by atoms with E-state index < -0.39 is 0 Å². The van der Waals surface area contributed by atoms with Crippen LogP contribution in [0.25, 0.3) is 0 Å². The van der Waals surface area contributed by atoms with Crippen molar-refractivity contribution in [2.75, 3.05) is 26.2 Å². The summed E-state index contributed by atoms with van der Waals surface area (Å²) in [6.45, 7) is 6.68. The Balaban J connectivity index is 1.69. The van der Waals surface area contributed by atoms with Gasteiger partial charge in [-0.05, 0) is 19.4 Å². The van der Waals surface area contributed by atoms with Gasteiger partial charge >= 0.3 is 0 Å². The minimum atomic E-state index is 0.380. The highest BCUT2D eigenvalue weighted by Crippen LogP contribution is 2.21. The van der Waals surface area contributed by atoms with Gasteiger partial charge in [-0.1, -0.05) is 13.3 Å². The molecule has 0 spiro atoms. The van der Waals surface area contributed by atoms with Crippen molar-refractivity contribution in [3.63, 3.8) is 0 Å². The maximum Gasteiger partial charge on any atom is 0.222 e. The SMILES string of the molecule is CCCCN1CC(N2CCCC2=O)C1. The molecule has 3 nitrogen and oxygen atoms in total. The van der Waals surface area contributed by atoms with Gasteiger partial charge in [0, 0.05) is 26.1 Å². The number of amides is 1. The highest BCUT2D eigenvalue weighted by atomic mass is 16.2. The van der Waals surface area contributed by atoms with Crippen LogP contribution in [0.1, 0.15) is 32.6 Å². The molecule has 0 aromatic carbocycles. The second-order valence-corrected chi connectivity index (χ2v) is 4.46. The van der Waals surface area contributed by atoms with E-state index in [0.29, 0.717) is 11.9 Å². The number of rotatable bonds is 4. The first-order chi connectivity index (χ1) is 6.81. The van der Waals surface area contributed by atoms with Crippen molar-refractivity contribution in [1.29, 1.82) is 0 Å². The lowest BCUT2D eigenvalue weighted by atomic mass is 10.1. The molecule has 0 unspecified atom stereocenters. The molecule has 0 atom stereocenters. The Kier molecular flexibility index (Phi) is 3.06. The summed E-state index contributed by atoms with van der Waals surface area (Å²) < 4.78 is 0. The Morgan fingerprint density at radius 2 is 2.21 bits per heavy atom. The van der Waals surface area contributed by atoms with Crippen molar-refractivity contribution in [2.45, 2.75) is 38.6 Å². The zero-order valence-electron chi connectivity index (χ0n) is 9.04. The lowest BCUT2D eigenvalue weighted by molar-refractivity contribution is -0.132. The smallest absolute Gasteiger partial charge is 0.222 e. The Morgan fingerprint density at radius 3 is 2.79 bits per heavy atom. The van der Waals surface area contributed by atoms with Crippen molar-refractivity contribution < 1.29 is 4.79 Å². The standard InChI is InChI=1S/C11H20N2O/c1-2-3-6-12-8-10(9-12)13-7-4-5-11(13)14/h10H,2-9H2,1H3. The molecule has 0 aromatic heterocycles. The second kappa shape index (κ2) is 4.30. The first-order valence-electron chi connectivity index (χ1n) is 5.83. The number of likely N-dealkylation sites (tertiary alicyclic amines) is 2. The predicted molar refractivity (Wildman–Crippen MR) is 56.1 cm³/mol. The topological polar surface area (TPSA) is 23.6 Å². The molecule has 1 amide bonds. The molecule has 14 heavy (non-hydrogen) atoms. The fraction of sp³-hybridized carbons (Fsp3) is 0.909. The van der Waals surface area contributed by atoms with Gasteiger partial charge in [0.15, 0.2) is 0 Å². The lowest BCUT2D eigenvalue weighted by Gasteiger charge is -2.44. The third kappa shape index (κ3) is 1.92. The van der Waals surface area contributed by atoms with E-state index in [1.54, 1.807) is 0 Å². The molecule has 2 aliphatic heterocycles. The van der Waals surface area contributed by atoms with Gasteiger partial charge in [0.1, 0.15) is 0 Å². The Morgan fingerprint density at radius 1 is 1.43 bits per heavy atom. The van der Waals surface area contributed by atoms with Crippen LogP contribution in [-0.4, -0.2) is 47.9 Å². The molecule has 2 heterocycles. The van der Waals surface area contributed by atoms with Crippen molar-refractivity contribution in [3.05, 3.63) is 0 Å². The fourth-order valence-electron chi connectivity index (χ4n) is 2.36. The van der Waals surface area contributed by atoms with Crippen LogP contribution in [0.4, 0.5) is 0 Å². The van der Waals surface area contributed by atoms with Gasteiger partial charge in [-0.15, -0.1) is 0 Å². The molecule has 0 radical (unpaired) electrons.